The van der Waals surface area contributed by atoms with Crippen LogP contribution in [0.4, 0.5) is 4.39 Å². The molecule has 0 aliphatic heterocycles. The van der Waals surface area contributed by atoms with Crippen LogP contribution in [0.15, 0.2) is 23.8 Å². The molecule has 4 rings (SSSR count). The largest absolute Gasteiger partial charge is 0.451 e. The third-order valence-corrected chi connectivity index (χ3v) is 8.98. The van der Waals surface area contributed by atoms with E-state index in [1.807, 2.05) is 13.8 Å². The first-order valence-corrected chi connectivity index (χ1v) is 10.9. The molecule has 3 saturated carbocycles. The summed E-state index contributed by atoms with van der Waals surface area (Å²) in [5.74, 6) is -1.72. The van der Waals surface area contributed by atoms with Crippen molar-refractivity contribution >= 4 is 17.5 Å². The number of fused-ring (bicyclic) bond motifs is 5. The maximum absolute atomic E-state index is 17.1. The van der Waals surface area contributed by atoms with Crippen molar-refractivity contribution in [3.8, 4) is 0 Å². The predicted octanol–water partition coefficient (Wildman–Crippen LogP) is 3.49. The number of hydrogen-bond acceptors (Lipinski definition) is 5. The van der Waals surface area contributed by atoms with Crippen LogP contribution in [0.5, 0.6) is 0 Å². The Morgan fingerprint density at radius 1 is 1.23 bits per heavy atom. The van der Waals surface area contributed by atoms with Gasteiger partial charge in [-0.15, -0.1) is 0 Å². The average Bonchev–Trinajstić information content (AvgIpc) is 2.92. The van der Waals surface area contributed by atoms with Crippen LogP contribution in [0.25, 0.3) is 0 Å². The third-order valence-electron chi connectivity index (χ3n) is 8.98. The summed E-state index contributed by atoms with van der Waals surface area (Å²) in [4.78, 5) is 36.7. The average molecular weight is 419 g/mol. The van der Waals surface area contributed by atoms with Crippen molar-refractivity contribution in [1.29, 1.82) is 0 Å². The number of rotatable bonds is 2. The highest BCUT2D eigenvalue weighted by atomic mass is 19.1. The fraction of sp³-hybridized carbons (Fsp3) is 0.708. The zero-order chi connectivity index (χ0) is 22.3. The second-order valence-corrected chi connectivity index (χ2v) is 10.3. The molecule has 0 radical (unpaired) electrons. The molecule has 3 fully saturated rings. The Hall–Kier alpha value is -1.82. The summed E-state index contributed by atoms with van der Waals surface area (Å²) >= 11 is 0. The Balaban J connectivity index is 1.86. The molecule has 0 aromatic rings. The summed E-state index contributed by atoms with van der Waals surface area (Å²) < 4.78 is 22.8. The lowest BCUT2D eigenvalue weighted by Gasteiger charge is -2.63. The molecule has 0 heterocycles. The minimum absolute atomic E-state index is 0.0244. The molecule has 164 valence electrons. The van der Waals surface area contributed by atoms with Gasteiger partial charge in [0.15, 0.2) is 22.8 Å². The summed E-state index contributed by atoms with van der Waals surface area (Å²) in [7, 11) is 0. The number of hydrogen-bond donors (Lipinski definition) is 1. The van der Waals surface area contributed by atoms with Gasteiger partial charge in [0, 0.05) is 23.7 Å². The lowest BCUT2D eigenvalue weighted by Crippen LogP contribution is -2.70. The van der Waals surface area contributed by atoms with Crippen molar-refractivity contribution in [2.45, 2.75) is 77.7 Å². The van der Waals surface area contributed by atoms with Crippen molar-refractivity contribution in [2.75, 3.05) is 0 Å². The van der Waals surface area contributed by atoms with Gasteiger partial charge in [0.05, 0.1) is 6.10 Å². The van der Waals surface area contributed by atoms with Gasteiger partial charge in [-0.3, -0.25) is 14.4 Å². The normalized spacial score (nSPS) is 49.6. The van der Waals surface area contributed by atoms with Gasteiger partial charge in [-0.25, -0.2) is 4.39 Å². The Morgan fingerprint density at radius 3 is 2.50 bits per heavy atom. The Kier molecular flexibility index (Phi) is 4.53. The number of Topliss-reactive ketones (excluding diaryl/α,β-unsaturated/α-hetero) is 1. The van der Waals surface area contributed by atoms with Gasteiger partial charge in [-0.05, 0) is 63.5 Å². The van der Waals surface area contributed by atoms with Gasteiger partial charge in [-0.2, -0.15) is 0 Å². The van der Waals surface area contributed by atoms with E-state index in [4.69, 9.17) is 4.74 Å². The number of ether oxygens (including phenoxy) is 1. The maximum Gasteiger partial charge on any atom is 0.303 e. The molecule has 0 amide bonds. The summed E-state index contributed by atoms with van der Waals surface area (Å²) in [5.41, 5.74) is -4.52. The van der Waals surface area contributed by atoms with Crippen LogP contribution in [0, 0.1) is 28.6 Å². The van der Waals surface area contributed by atoms with Gasteiger partial charge in [0.2, 0.25) is 0 Å². The lowest BCUT2D eigenvalue weighted by atomic mass is 9.43. The molecule has 30 heavy (non-hydrogen) atoms. The smallest absolute Gasteiger partial charge is 0.303 e. The van der Waals surface area contributed by atoms with Gasteiger partial charge in [0.25, 0.3) is 0 Å². The monoisotopic (exact) mass is 418 g/mol. The van der Waals surface area contributed by atoms with Crippen LogP contribution in [-0.2, 0) is 19.1 Å². The molecule has 1 N–H and O–H groups in total. The van der Waals surface area contributed by atoms with E-state index in [0.717, 1.165) is 5.57 Å². The quantitative estimate of drug-likeness (QED) is 0.695. The standard InChI is InChI=1S/C24H31FO5/c1-13-10-19-17-7-9-23(14(2)26,30-15(3)27)22(17,5)12-20(29)24(19,25)21(4)8-6-16(28)11-18(13)21/h6,8,11,13,17,19-20,29H,7,9-10,12H2,1-5H3/t13-,17?,19?,20-,21-,22-,23-,24-/m0/s1. The Labute approximate surface area is 176 Å². The topological polar surface area (TPSA) is 80.7 Å². The van der Waals surface area contributed by atoms with Crippen molar-refractivity contribution in [3.63, 3.8) is 0 Å². The second kappa shape index (κ2) is 6.35. The lowest BCUT2D eigenvalue weighted by molar-refractivity contribution is -0.226. The molecule has 0 bridgehead atoms. The molecule has 0 spiro atoms. The van der Waals surface area contributed by atoms with Gasteiger partial charge < -0.3 is 9.84 Å². The van der Waals surface area contributed by atoms with Crippen LogP contribution < -0.4 is 0 Å². The molecular weight excluding hydrogens is 387 g/mol. The first-order chi connectivity index (χ1) is 13.8. The number of aliphatic hydroxyl groups excluding tert-OH is 1. The van der Waals surface area contributed by atoms with E-state index in [1.165, 1.54) is 26.0 Å². The van der Waals surface area contributed by atoms with Crippen LogP contribution in [-0.4, -0.2) is 40.0 Å². The molecule has 2 unspecified atom stereocenters. The molecule has 8 atom stereocenters. The van der Waals surface area contributed by atoms with Crippen LogP contribution >= 0.6 is 0 Å². The van der Waals surface area contributed by atoms with E-state index >= 15 is 4.39 Å². The molecule has 0 saturated heterocycles. The highest BCUT2D eigenvalue weighted by molar-refractivity contribution is 6.01. The van der Waals surface area contributed by atoms with Crippen molar-refractivity contribution in [3.05, 3.63) is 23.8 Å². The summed E-state index contributed by atoms with van der Waals surface area (Å²) in [6.07, 6.45) is 4.58. The van der Waals surface area contributed by atoms with Gasteiger partial charge >= 0.3 is 5.97 Å². The minimum atomic E-state index is -1.96. The Bertz CT molecular complexity index is 892. The number of aliphatic hydroxyl groups is 1. The third kappa shape index (κ3) is 2.34. The van der Waals surface area contributed by atoms with Gasteiger partial charge in [0.1, 0.15) is 0 Å². The summed E-state index contributed by atoms with van der Waals surface area (Å²) in [6, 6.07) is 0. The number of alkyl halides is 1. The Morgan fingerprint density at radius 2 is 1.90 bits per heavy atom. The number of carbonyl (C=O) groups excluding carboxylic acids is 3. The first kappa shape index (κ1) is 21.4. The SMILES string of the molecule is CC(=O)O[C@]1(C(C)=O)CCC2C3C[C@H](C)C4=CC(=O)C=C[C@]4(C)[C@@]3(F)[C@@H](O)C[C@@]21C. The minimum Gasteiger partial charge on any atom is -0.451 e. The fourth-order valence-corrected chi connectivity index (χ4v) is 7.65. The van der Waals surface area contributed by atoms with E-state index in [9.17, 15) is 19.5 Å². The van der Waals surface area contributed by atoms with E-state index in [-0.39, 0.29) is 29.8 Å². The molecular formula is C24H31FO5. The molecule has 6 heteroatoms. The zero-order valence-corrected chi connectivity index (χ0v) is 18.3. The predicted molar refractivity (Wildman–Crippen MR) is 108 cm³/mol. The van der Waals surface area contributed by atoms with Crippen molar-refractivity contribution in [2.24, 2.45) is 28.6 Å². The zero-order valence-electron chi connectivity index (χ0n) is 18.3. The van der Waals surface area contributed by atoms with Crippen molar-refractivity contribution < 1.29 is 28.6 Å². The van der Waals surface area contributed by atoms with E-state index in [2.05, 4.69) is 0 Å². The van der Waals surface area contributed by atoms with Crippen LogP contribution in [0.2, 0.25) is 0 Å². The van der Waals surface area contributed by atoms with E-state index in [0.29, 0.717) is 19.3 Å². The van der Waals surface area contributed by atoms with Crippen molar-refractivity contribution in [1.82, 2.24) is 0 Å². The maximum atomic E-state index is 17.1. The van der Waals surface area contributed by atoms with E-state index < -0.39 is 40.1 Å². The highest BCUT2D eigenvalue weighted by Gasteiger charge is 2.75. The number of allylic oxidation sites excluding steroid dienone is 4. The molecule has 4 aliphatic carbocycles. The summed E-state index contributed by atoms with van der Waals surface area (Å²) in [5, 5.41) is 11.3. The molecule has 4 aliphatic rings. The number of ketones is 2. The molecule has 0 aromatic heterocycles. The van der Waals surface area contributed by atoms with E-state index in [1.54, 1.807) is 13.0 Å². The van der Waals surface area contributed by atoms with Crippen LogP contribution in [0.3, 0.4) is 0 Å². The van der Waals surface area contributed by atoms with Gasteiger partial charge in [-0.1, -0.05) is 25.5 Å². The number of esters is 1. The summed E-state index contributed by atoms with van der Waals surface area (Å²) in [6.45, 7) is 8.34. The fourth-order valence-electron chi connectivity index (χ4n) is 7.65. The highest BCUT2D eigenvalue weighted by Crippen LogP contribution is 2.71. The number of halogens is 1. The second-order valence-electron chi connectivity index (χ2n) is 10.3. The first-order valence-electron chi connectivity index (χ1n) is 10.9. The molecule has 0 aromatic carbocycles. The molecule has 5 nitrogen and oxygen atoms in total. The van der Waals surface area contributed by atoms with Crippen LogP contribution in [0.1, 0.15) is 60.3 Å². The number of carbonyl (C=O) groups is 3.